The van der Waals surface area contributed by atoms with Gasteiger partial charge in [0, 0.05) is 17.1 Å². The largest absolute Gasteiger partial charge is 0.497 e. The Balaban J connectivity index is 1.94. The smallest absolute Gasteiger partial charge is 0.349 e. The number of amides is 1. The highest BCUT2D eigenvalue weighted by atomic mass is 16.5. The lowest BCUT2D eigenvalue weighted by Crippen LogP contribution is -2.20. The van der Waals surface area contributed by atoms with Crippen LogP contribution in [0.3, 0.4) is 0 Å². The molecule has 2 aromatic carbocycles. The first-order valence-corrected chi connectivity index (χ1v) is 7.71. The van der Waals surface area contributed by atoms with Crippen molar-refractivity contribution in [2.45, 2.75) is 0 Å². The Morgan fingerprint density at radius 2 is 1.69 bits per heavy atom. The standard InChI is InChI=1S/C19H17NO6/c1-23-13-5-7-15-11(8-13)9-14(19(22)26-15)18(21)20-12-4-6-16(24-2)17(10-12)25-3/h4-10H,1-3H3,(H,20,21). The predicted molar refractivity (Wildman–Crippen MR) is 96.5 cm³/mol. The van der Waals surface area contributed by atoms with E-state index < -0.39 is 11.5 Å². The average molecular weight is 355 g/mol. The minimum atomic E-state index is -0.722. The summed E-state index contributed by atoms with van der Waals surface area (Å²) in [5, 5.41) is 3.24. The molecule has 1 aromatic heterocycles. The van der Waals surface area contributed by atoms with E-state index in [0.717, 1.165) is 0 Å². The molecule has 1 N–H and O–H groups in total. The van der Waals surface area contributed by atoms with Gasteiger partial charge < -0.3 is 23.9 Å². The number of ether oxygens (including phenoxy) is 3. The number of carbonyl (C=O) groups excluding carboxylic acids is 1. The highest BCUT2D eigenvalue weighted by Crippen LogP contribution is 2.30. The molecule has 0 atom stereocenters. The van der Waals surface area contributed by atoms with Crippen LogP contribution in [0.25, 0.3) is 11.0 Å². The number of fused-ring (bicyclic) bond motifs is 1. The molecular formula is C19H17NO6. The molecular weight excluding hydrogens is 338 g/mol. The van der Waals surface area contributed by atoms with Gasteiger partial charge in [-0.25, -0.2) is 4.79 Å². The van der Waals surface area contributed by atoms with E-state index in [1.165, 1.54) is 27.4 Å². The summed E-state index contributed by atoms with van der Waals surface area (Å²) in [4.78, 5) is 24.7. The molecule has 26 heavy (non-hydrogen) atoms. The summed E-state index contributed by atoms with van der Waals surface area (Å²) in [6.07, 6.45) is 0. The van der Waals surface area contributed by atoms with Crippen molar-refractivity contribution in [3.05, 3.63) is 58.4 Å². The summed E-state index contributed by atoms with van der Waals surface area (Å²) < 4.78 is 20.7. The maximum atomic E-state index is 12.5. The highest BCUT2D eigenvalue weighted by molar-refractivity contribution is 6.05. The van der Waals surface area contributed by atoms with Gasteiger partial charge >= 0.3 is 5.63 Å². The molecule has 0 bridgehead atoms. The molecule has 7 heteroatoms. The van der Waals surface area contributed by atoms with E-state index in [-0.39, 0.29) is 5.56 Å². The fourth-order valence-corrected chi connectivity index (χ4v) is 2.50. The van der Waals surface area contributed by atoms with Crippen molar-refractivity contribution >= 4 is 22.6 Å². The molecule has 134 valence electrons. The predicted octanol–water partition coefficient (Wildman–Crippen LogP) is 3.07. The first-order chi connectivity index (χ1) is 12.5. The van der Waals surface area contributed by atoms with Gasteiger partial charge in [0.2, 0.25) is 0 Å². The number of rotatable bonds is 5. The third-order valence-corrected chi connectivity index (χ3v) is 3.83. The van der Waals surface area contributed by atoms with Gasteiger partial charge in [0.25, 0.3) is 5.91 Å². The lowest BCUT2D eigenvalue weighted by atomic mass is 10.1. The van der Waals surface area contributed by atoms with Crippen molar-refractivity contribution in [1.82, 2.24) is 0 Å². The average Bonchev–Trinajstić information content (AvgIpc) is 2.66. The zero-order valence-corrected chi connectivity index (χ0v) is 14.5. The summed E-state index contributed by atoms with van der Waals surface area (Å²) in [6, 6.07) is 11.3. The zero-order valence-electron chi connectivity index (χ0n) is 14.5. The Morgan fingerprint density at radius 3 is 2.38 bits per heavy atom. The van der Waals surface area contributed by atoms with Gasteiger partial charge in [-0.3, -0.25) is 4.79 Å². The van der Waals surface area contributed by atoms with Crippen molar-refractivity contribution in [1.29, 1.82) is 0 Å². The zero-order chi connectivity index (χ0) is 18.7. The molecule has 0 aliphatic carbocycles. The van der Waals surface area contributed by atoms with Crippen LogP contribution >= 0.6 is 0 Å². The van der Waals surface area contributed by atoms with Crippen LogP contribution in [0.5, 0.6) is 17.2 Å². The van der Waals surface area contributed by atoms with Gasteiger partial charge in [-0.05, 0) is 36.4 Å². The summed E-state index contributed by atoms with van der Waals surface area (Å²) in [6.45, 7) is 0. The molecule has 7 nitrogen and oxygen atoms in total. The van der Waals surface area contributed by atoms with E-state index in [1.807, 2.05) is 0 Å². The molecule has 3 aromatic rings. The Kier molecular flexibility index (Phi) is 4.79. The van der Waals surface area contributed by atoms with Gasteiger partial charge in [0.05, 0.1) is 21.3 Å². The van der Waals surface area contributed by atoms with Crippen LogP contribution in [0, 0.1) is 0 Å². The molecule has 0 spiro atoms. The van der Waals surface area contributed by atoms with Crippen LogP contribution in [0.4, 0.5) is 5.69 Å². The summed E-state index contributed by atoms with van der Waals surface area (Å²) in [5.41, 5.74) is -0.00237. The highest BCUT2D eigenvalue weighted by Gasteiger charge is 2.15. The Labute approximate surface area is 149 Å². The quantitative estimate of drug-likeness (QED) is 0.708. The maximum Gasteiger partial charge on any atom is 0.349 e. The van der Waals surface area contributed by atoms with E-state index in [2.05, 4.69) is 5.32 Å². The first kappa shape index (κ1) is 17.3. The van der Waals surface area contributed by atoms with Gasteiger partial charge in [-0.2, -0.15) is 0 Å². The monoisotopic (exact) mass is 355 g/mol. The van der Waals surface area contributed by atoms with E-state index in [0.29, 0.717) is 33.9 Å². The number of nitrogens with one attached hydrogen (secondary N) is 1. The number of benzene rings is 2. The number of hydrogen-bond donors (Lipinski definition) is 1. The van der Waals surface area contributed by atoms with Crippen LogP contribution < -0.4 is 25.2 Å². The van der Waals surface area contributed by atoms with Crippen molar-refractivity contribution in [3.8, 4) is 17.2 Å². The van der Waals surface area contributed by atoms with Gasteiger partial charge in [0.1, 0.15) is 16.9 Å². The molecule has 0 saturated carbocycles. The van der Waals surface area contributed by atoms with Crippen LogP contribution in [0.15, 0.2) is 51.7 Å². The van der Waals surface area contributed by atoms with E-state index in [9.17, 15) is 9.59 Å². The number of carbonyl (C=O) groups is 1. The molecule has 0 saturated heterocycles. The van der Waals surface area contributed by atoms with Crippen molar-refractivity contribution < 1.29 is 23.4 Å². The fraction of sp³-hybridized carbons (Fsp3) is 0.158. The van der Waals surface area contributed by atoms with Gasteiger partial charge in [0.15, 0.2) is 11.5 Å². The summed E-state index contributed by atoms with van der Waals surface area (Å²) >= 11 is 0. The van der Waals surface area contributed by atoms with Crippen molar-refractivity contribution in [2.24, 2.45) is 0 Å². The van der Waals surface area contributed by atoms with Crippen molar-refractivity contribution in [2.75, 3.05) is 26.6 Å². The number of methoxy groups -OCH3 is 3. The molecule has 0 unspecified atom stereocenters. The van der Waals surface area contributed by atoms with Gasteiger partial charge in [-0.1, -0.05) is 0 Å². The van der Waals surface area contributed by atoms with E-state index in [1.54, 1.807) is 36.4 Å². The summed E-state index contributed by atoms with van der Waals surface area (Å²) in [7, 11) is 4.55. The number of anilines is 1. The lowest BCUT2D eigenvalue weighted by Gasteiger charge is -2.10. The van der Waals surface area contributed by atoms with Crippen LogP contribution in [-0.4, -0.2) is 27.2 Å². The second-order valence-electron chi connectivity index (χ2n) is 5.38. The SMILES string of the molecule is COc1ccc2oc(=O)c(C(=O)Nc3ccc(OC)c(OC)c3)cc2c1. The normalized spacial score (nSPS) is 10.4. The number of hydrogen-bond acceptors (Lipinski definition) is 6. The molecule has 0 fully saturated rings. The Morgan fingerprint density at radius 1 is 0.923 bits per heavy atom. The van der Waals surface area contributed by atoms with Crippen LogP contribution in [0.1, 0.15) is 10.4 Å². The van der Waals surface area contributed by atoms with E-state index >= 15 is 0 Å². The second kappa shape index (κ2) is 7.18. The third-order valence-electron chi connectivity index (χ3n) is 3.83. The molecule has 0 aliphatic rings. The lowest BCUT2D eigenvalue weighted by molar-refractivity contribution is 0.102. The van der Waals surface area contributed by atoms with Gasteiger partial charge in [-0.15, -0.1) is 0 Å². The first-order valence-electron chi connectivity index (χ1n) is 7.71. The third kappa shape index (κ3) is 3.32. The van der Waals surface area contributed by atoms with Crippen LogP contribution in [0.2, 0.25) is 0 Å². The van der Waals surface area contributed by atoms with Crippen molar-refractivity contribution in [3.63, 3.8) is 0 Å². The molecule has 0 aliphatic heterocycles. The molecule has 0 radical (unpaired) electrons. The fourth-order valence-electron chi connectivity index (χ4n) is 2.50. The maximum absolute atomic E-state index is 12.5. The molecule has 3 rings (SSSR count). The van der Waals surface area contributed by atoms with Crippen LogP contribution in [-0.2, 0) is 0 Å². The second-order valence-corrected chi connectivity index (χ2v) is 5.38. The molecule has 1 amide bonds. The Hall–Kier alpha value is -3.48. The topological polar surface area (TPSA) is 87.0 Å². The minimum Gasteiger partial charge on any atom is -0.497 e. The summed E-state index contributed by atoms with van der Waals surface area (Å²) in [5.74, 6) is 0.997. The molecule has 1 heterocycles. The Bertz CT molecular complexity index is 1020. The van der Waals surface area contributed by atoms with E-state index in [4.69, 9.17) is 18.6 Å². The minimum absolute atomic E-state index is 0.111.